The lowest BCUT2D eigenvalue weighted by Crippen LogP contribution is -2.44. The van der Waals surface area contributed by atoms with E-state index in [1.807, 2.05) is 6.92 Å². The first kappa shape index (κ1) is 15.0. The molecule has 0 saturated heterocycles. The van der Waals surface area contributed by atoms with Crippen LogP contribution in [0.4, 0.5) is 5.82 Å². The maximum Gasteiger partial charge on any atom is 0.331 e. The van der Waals surface area contributed by atoms with Crippen molar-refractivity contribution in [2.45, 2.75) is 39.2 Å². The number of hydrogen-bond acceptors (Lipinski definition) is 5. The third kappa shape index (κ3) is 2.87. The van der Waals surface area contributed by atoms with E-state index in [9.17, 15) is 10.1 Å². The summed E-state index contributed by atoms with van der Waals surface area (Å²) in [6.45, 7) is 5.52. The number of ether oxygens (including phenoxy) is 1. The maximum absolute atomic E-state index is 11.9. The summed E-state index contributed by atoms with van der Waals surface area (Å²) < 4.78 is 6.42. The Kier molecular flexibility index (Phi) is 4.54. The van der Waals surface area contributed by atoms with Gasteiger partial charge >= 0.3 is 5.97 Å². The molecule has 0 aliphatic heterocycles. The van der Waals surface area contributed by atoms with E-state index in [0.29, 0.717) is 23.5 Å². The van der Waals surface area contributed by atoms with E-state index >= 15 is 0 Å². The molecule has 0 saturated carbocycles. The Balaban J connectivity index is 3.18. The fraction of sp³-hybridized carbons (Fsp3) is 0.615. The Morgan fingerprint density at radius 2 is 2.26 bits per heavy atom. The predicted molar refractivity (Wildman–Crippen MR) is 71.6 cm³/mol. The van der Waals surface area contributed by atoms with Crippen LogP contribution in [0.3, 0.4) is 0 Å². The number of methoxy groups -OCH3 is 1. The van der Waals surface area contributed by atoms with E-state index in [2.05, 4.69) is 16.5 Å². The summed E-state index contributed by atoms with van der Waals surface area (Å²) >= 11 is 0. The van der Waals surface area contributed by atoms with Gasteiger partial charge in [0, 0.05) is 7.05 Å². The van der Waals surface area contributed by atoms with Gasteiger partial charge in [0.1, 0.15) is 23.0 Å². The van der Waals surface area contributed by atoms with Gasteiger partial charge in [0.15, 0.2) is 0 Å². The van der Waals surface area contributed by atoms with Crippen LogP contribution in [-0.2, 0) is 16.6 Å². The summed E-state index contributed by atoms with van der Waals surface area (Å²) in [5.74, 6) is 0.193. The van der Waals surface area contributed by atoms with Gasteiger partial charge in [-0.1, -0.05) is 13.3 Å². The molecule has 0 radical (unpaired) electrons. The fourth-order valence-corrected chi connectivity index (χ4v) is 2.14. The molecule has 6 heteroatoms. The number of nitrogens with one attached hydrogen (secondary N) is 1. The Labute approximate surface area is 113 Å². The SMILES string of the molecule is CCCC(C)(Nc1c(C#N)c(C)nn1C)C(=O)OC. The number of carbonyl (C=O) groups excluding carboxylic acids is 1. The van der Waals surface area contributed by atoms with Crippen molar-refractivity contribution in [2.24, 2.45) is 7.05 Å². The smallest absolute Gasteiger partial charge is 0.331 e. The Hall–Kier alpha value is -2.03. The van der Waals surface area contributed by atoms with E-state index in [1.54, 1.807) is 25.6 Å². The summed E-state index contributed by atoms with van der Waals surface area (Å²) in [5.41, 5.74) is 0.222. The molecule has 1 aromatic rings. The summed E-state index contributed by atoms with van der Waals surface area (Å²) in [7, 11) is 3.09. The first-order valence-corrected chi connectivity index (χ1v) is 6.20. The molecule has 1 atom stereocenters. The van der Waals surface area contributed by atoms with Gasteiger partial charge in [0.05, 0.1) is 12.8 Å². The highest BCUT2D eigenvalue weighted by molar-refractivity contribution is 5.84. The van der Waals surface area contributed by atoms with Crippen molar-refractivity contribution in [3.05, 3.63) is 11.3 Å². The lowest BCUT2D eigenvalue weighted by Gasteiger charge is -2.28. The Bertz CT molecular complexity index is 515. The minimum Gasteiger partial charge on any atom is -0.467 e. The molecule has 6 nitrogen and oxygen atoms in total. The first-order valence-electron chi connectivity index (χ1n) is 6.20. The summed E-state index contributed by atoms with van der Waals surface area (Å²) in [4.78, 5) is 11.9. The van der Waals surface area contributed by atoms with Gasteiger partial charge in [-0.2, -0.15) is 10.4 Å². The number of rotatable bonds is 5. The molecule has 0 aliphatic carbocycles. The highest BCUT2D eigenvalue weighted by Crippen LogP contribution is 2.25. The zero-order valence-corrected chi connectivity index (χ0v) is 12.1. The second-order valence-corrected chi connectivity index (χ2v) is 4.74. The van der Waals surface area contributed by atoms with Crippen molar-refractivity contribution in [3.8, 4) is 6.07 Å². The molecule has 0 aromatic carbocycles. The minimum absolute atomic E-state index is 0.350. The van der Waals surface area contributed by atoms with Gasteiger partial charge in [-0.15, -0.1) is 0 Å². The Morgan fingerprint density at radius 3 is 2.74 bits per heavy atom. The molecule has 0 aliphatic rings. The van der Waals surface area contributed by atoms with Gasteiger partial charge in [-0.05, 0) is 20.3 Å². The van der Waals surface area contributed by atoms with Crippen LogP contribution in [0.15, 0.2) is 0 Å². The summed E-state index contributed by atoms with van der Waals surface area (Å²) in [5, 5.41) is 16.5. The normalized spacial score (nSPS) is 13.5. The van der Waals surface area contributed by atoms with E-state index < -0.39 is 5.54 Å². The number of aromatic nitrogens is 2. The second-order valence-electron chi connectivity index (χ2n) is 4.74. The average Bonchev–Trinajstić information content (AvgIpc) is 2.62. The molecule has 1 unspecified atom stereocenters. The molecule has 0 spiro atoms. The average molecular weight is 264 g/mol. The second kappa shape index (κ2) is 5.74. The number of nitriles is 1. The summed E-state index contributed by atoms with van der Waals surface area (Å²) in [6, 6.07) is 2.11. The standard InChI is InChI=1S/C13H20N4O2/c1-6-7-13(3,12(18)19-5)15-11-10(8-14)9(2)16-17(11)4/h15H,6-7H2,1-5H3. The number of esters is 1. The van der Waals surface area contributed by atoms with Crippen molar-refractivity contribution < 1.29 is 9.53 Å². The van der Waals surface area contributed by atoms with Crippen LogP contribution >= 0.6 is 0 Å². The molecular weight excluding hydrogens is 244 g/mol. The van der Waals surface area contributed by atoms with Gasteiger partial charge in [0.2, 0.25) is 0 Å². The predicted octanol–water partition coefficient (Wildman–Crippen LogP) is 1.74. The first-order chi connectivity index (χ1) is 8.89. The number of anilines is 1. The molecule has 1 heterocycles. The van der Waals surface area contributed by atoms with Gasteiger partial charge in [0.25, 0.3) is 0 Å². The molecular formula is C13H20N4O2. The highest BCUT2D eigenvalue weighted by atomic mass is 16.5. The molecule has 1 rings (SSSR count). The lowest BCUT2D eigenvalue weighted by atomic mass is 9.96. The topological polar surface area (TPSA) is 79.9 Å². The van der Waals surface area contributed by atoms with E-state index in [4.69, 9.17) is 4.74 Å². The van der Waals surface area contributed by atoms with Crippen molar-refractivity contribution >= 4 is 11.8 Å². The zero-order valence-electron chi connectivity index (χ0n) is 12.1. The molecule has 104 valence electrons. The molecule has 19 heavy (non-hydrogen) atoms. The van der Waals surface area contributed by atoms with Crippen molar-refractivity contribution in [3.63, 3.8) is 0 Å². The number of hydrogen-bond donors (Lipinski definition) is 1. The summed E-state index contributed by atoms with van der Waals surface area (Å²) in [6.07, 6.45) is 1.42. The van der Waals surface area contributed by atoms with Crippen LogP contribution in [0.25, 0.3) is 0 Å². The van der Waals surface area contributed by atoms with Crippen LogP contribution in [0, 0.1) is 18.3 Å². The van der Waals surface area contributed by atoms with E-state index in [1.165, 1.54) is 7.11 Å². The number of carbonyl (C=O) groups is 1. The van der Waals surface area contributed by atoms with Crippen LogP contribution < -0.4 is 5.32 Å². The van der Waals surface area contributed by atoms with Crippen LogP contribution in [0.5, 0.6) is 0 Å². The van der Waals surface area contributed by atoms with Crippen LogP contribution in [-0.4, -0.2) is 28.4 Å². The zero-order chi connectivity index (χ0) is 14.6. The maximum atomic E-state index is 11.9. The van der Waals surface area contributed by atoms with Gasteiger partial charge < -0.3 is 10.1 Å². The van der Waals surface area contributed by atoms with Crippen molar-refractivity contribution in [1.29, 1.82) is 5.26 Å². The third-order valence-corrected chi connectivity index (χ3v) is 3.11. The molecule has 1 N–H and O–H groups in total. The fourth-order valence-electron chi connectivity index (χ4n) is 2.14. The molecule has 0 fully saturated rings. The number of nitrogens with zero attached hydrogens (tertiary/aromatic N) is 3. The van der Waals surface area contributed by atoms with Gasteiger partial charge in [-0.25, -0.2) is 4.79 Å². The molecule has 0 amide bonds. The largest absolute Gasteiger partial charge is 0.467 e. The molecule has 0 bridgehead atoms. The number of aryl methyl sites for hydroxylation is 2. The highest BCUT2D eigenvalue weighted by Gasteiger charge is 2.35. The Morgan fingerprint density at radius 1 is 1.63 bits per heavy atom. The third-order valence-electron chi connectivity index (χ3n) is 3.11. The minimum atomic E-state index is -0.866. The van der Waals surface area contributed by atoms with Crippen molar-refractivity contribution in [1.82, 2.24) is 9.78 Å². The van der Waals surface area contributed by atoms with Crippen LogP contribution in [0.2, 0.25) is 0 Å². The molecule has 1 aromatic heterocycles. The van der Waals surface area contributed by atoms with Crippen molar-refractivity contribution in [2.75, 3.05) is 12.4 Å². The van der Waals surface area contributed by atoms with Crippen LogP contribution in [0.1, 0.15) is 37.9 Å². The lowest BCUT2D eigenvalue weighted by molar-refractivity contribution is -0.145. The van der Waals surface area contributed by atoms with E-state index in [0.717, 1.165) is 6.42 Å². The van der Waals surface area contributed by atoms with E-state index in [-0.39, 0.29) is 5.97 Å². The van der Waals surface area contributed by atoms with Gasteiger partial charge in [-0.3, -0.25) is 4.68 Å². The quantitative estimate of drug-likeness (QED) is 0.819. The monoisotopic (exact) mass is 264 g/mol.